The largest absolute Gasteiger partial charge is 0.497 e. The molecule has 136 valence electrons. The third-order valence-corrected chi connectivity index (χ3v) is 4.81. The fourth-order valence-corrected chi connectivity index (χ4v) is 3.44. The van der Waals surface area contributed by atoms with Crippen LogP contribution in [0.3, 0.4) is 0 Å². The quantitative estimate of drug-likeness (QED) is 0.890. The second kappa shape index (κ2) is 8.04. The fraction of sp³-hybridized carbons (Fsp3) is 0.333. The number of aryl methyl sites for hydroxylation is 2. The molecule has 1 N–H and O–H groups in total. The van der Waals surface area contributed by atoms with E-state index < -0.39 is 5.97 Å². The number of nitrogens with zero attached hydrogens (tertiary/aromatic N) is 1. The number of rotatable bonds is 5. The molecule has 1 heterocycles. The first kappa shape index (κ1) is 18.0. The van der Waals surface area contributed by atoms with Crippen LogP contribution in [0.2, 0.25) is 0 Å². The Morgan fingerprint density at radius 3 is 2.73 bits per heavy atom. The molecule has 0 saturated heterocycles. The van der Waals surface area contributed by atoms with Crippen molar-refractivity contribution in [1.29, 1.82) is 0 Å². The molecule has 0 aromatic heterocycles. The van der Waals surface area contributed by atoms with Crippen molar-refractivity contribution < 1.29 is 19.4 Å². The highest BCUT2D eigenvalue weighted by Gasteiger charge is 2.22. The molecule has 0 aliphatic carbocycles. The number of anilines is 1. The van der Waals surface area contributed by atoms with Gasteiger partial charge in [-0.05, 0) is 61.1 Å². The van der Waals surface area contributed by atoms with Crippen molar-refractivity contribution in [3.05, 3.63) is 59.2 Å². The number of carbonyl (C=O) groups excluding carboxylic acids is 1. The van der Waals surface area contributed by atoms with Gasteiger partial charge in [-0.25, -0.2) is 4.79 Å². The van der Waals surface area contributed by atoms with E-state index in [-0.39, 0.29) is 17.9 Å². The van der Waals surface area contributed by atoms with Gasteiger partial charge in [0.15, 0.2) is 0 Å². The lowest BCUT2D eigenvalue weighted by molar-refractivity contribution is -0.118. The predicted molar refractivity (Wildman–Crippen MR) is 100 cm³/mol. The van der Waals surface area contributed by atoms with Gasteiger partial charge in [-0.2, -0.15) is 0 Å². The van der Waals surface area contributed by atoms with E-state index in [1.54, 1.807) is 31.4 Å². The van der Waals surface area contributed by atoms with Gasteiger partial charge in [0.2, 0.25) is 5.91 Å². The SMILES string of the molecule is COc1ccc2c(c1)CCCCN2C(=O)CCc1ccccc1C(=O)O. The number of ether oxygens (including phenoxy) is 1. The Hall–Kier alpha value is -2.82. The zero-order chi connectivity index (χ0) is 18.5. The zero-order valence-electron chi connectivity index (χ0n) is 14.9. The van der Waals surface area contributed by atoms with Crippen LogP contribution in [0, 0.1) is 0 Å². The minimum atomic E-state index is -0.958. The van der Waals surface area contributed by atoms with Gasteiger partial charge >= 0.3 is 5.97 Å². The smallest absolute Gasteiger partial charge is 0.335 e. The van der Waals surface area contributed by atoms with Crippen LogP contribution in [0.4, 0.5) is 5.69 Å². The van der Waals surface area contributed by atoms with Crippen molar-refractivity contribution in [3.63, 3.8) is 0 Å². The van der Waals surface area contributed by atoms with Crippen LogP contribution in [0.15, 0.2) is 42.5 Å². The maximum atomic E-state index is 12.9. The number of hydrogen-bond donors (Lipinski definition) is 1. The highest BCUT2D eigenvalue weighted by molar-refractivity contribution is 5.95. The normalized spacial score (nSPS) is 13.7. The highest BCUT2D eigenvalue weighted by Crippen LogP contribution is 2.30. The van der Waals surface area contributed by atoms with Crippen LogP contribution in [-0.4, -0.2) is 30.6 Å². The molecule has 1 aliphatic rings. The van der Waals surface area contributed by atoms with Crippen molar-refractivity contribution in [2.45, 2.75) is 32.1 Å². The maximum absolute atomic E-state index is 12.9. The van der Waals surface area contributed by atoms with Crippen LogP contribution in [0.25, 0.3) is 0 Å². The second-order valence-corrected chi connectivity index (χ2v) is 6.46. The van der Waals surface area contributed by atoms with Gasteiger partial charge in [0.1, 0.15) is 5.75 Å². The Morgan fingerprint density at radius 2 is 1.96 bits per heavy atom. The molecule has 3 rings (SSSR count). The van der Waals surface area contributed by atoms with E-state index in [2.05, 4.69) is 0 Å². The van der Waals surface area contributed by atoms with Crippen LogP contribution >= 0.6 is 0 Å². The van der Waals surface area contributed by atoms with E-state index in [0.29, 0.717) is 18.5 Å². The average Bonchev–Trinajstić information content (AvgIpc) is 2.88. The summed E-state index contributed by atoms with van der Waals surface area (Å²) in [6.07, 6.45) is 3.62. The van der Waals surface area contributed by atoms with E-state index in [0.717, 1.165) is 36.3 Å². The molecular formula is C21H23NO4. The Labute approximate surface area is 153 Å². The monoisotopic (exact) mass is 353 g/mol. The first-order valence-electron chi connectivity index (χ1n) is 8.88. The lowest BCUT2D eigenvalue weighted by atomic mass is 10.0. The number of carboxylic acids is 1. The molecule has 2 aromatic rings. The van der Waals surface area contributed by atoms with Crippen LogP contribution in [0.5, 0.6) is 5.75 Å². The molecule has 0 saturated carbocycles. The molecule has 0 atom stereocenters. The summed E-state index contributed by atoms with van der Waals surface area (Å²) in [4.78, 5) is 26.0. The van der Waals surface area contributed by atoms with E-state index in [1.807, 2.05) is 23.1 Å². The Kier molecular flexibility index (Phi) is 5.56. The molecule has 1 amide bonds. The molecule has 26 heavy (non-hydrogen) atoms. The fourth-order valence-electron chi connectivity index (χ4n) is 3.44. The molecule has 0 spiro atoms. The Balaban J connectivity index is 1.77. The molecular weight excluding hydrogens is 330 g/mol. The van der Waals surface area contributed by atoms with Crippen LogP contribution < -0.4 is 9.64 Å². The van der Waals surface area contributed by atoms with Gasteiger partial charge in [-0.1, -0.05) is 18.2 Å². The maximum Gasteiger partial charge on any atom is 0.335 e. The van der Waals surface area contributed by atoms with Crippen LogP contribution in [0.1, 0.15) is 40.7 Å². The number of aromatic carboxylic acids is 1. The standard InChI is InChI=1S/C21H23NO4/c1-26-17-10-11-19-16(14-17)7-4-5-13-22(19)20(23)12-9-15-6-2-3-8-18(15)21(24)25/h2-3,6,8,10-11,14H,4-5,7,9,12-13H2,1H3,(H,24,25). The number of fused-ring (bicyclic) bond motifs is 1. The summed E-state index contributed by atoms with van der Waals surface area (Å²) in [6.45, 7) is 0.693. The van der Waals surface area contributed by atoms with Crippen molar-refractivity contribution in [2.75, 3.05) is 18.6 Å². The number of carbonyl (C=O) groups is 2. The van der Waals surface area contributed by atoms with E-state index in [9.17, 15) is 14.7 Å². The third kappa shape index (κ3) is 3.87. The Morgan fingerprint density at radius 1 is 1.15 bits per heavy atom. The first-order valence-corrected chi connectivity index (χ1v) is 8.88. The first-order chi connectivity index (χ1) is 12.6. The van der Waals surface area contributed by atoms with Crippen LogP contribution in [-0.2, 0) is 17.6 Å². The van der Waals surface area contributed by atoms with Crippen molar-refractivity contribution >= 4 is 17.6 Å². The number of benzene rings is 2. The summed E-state index contributed by atoms with van der Waals surface area (Å²) in [5.74, 6) is -0.132. The summed E-state index contributed by atoms with van der Waals surface area (Å²) in [5, 5.41) is 9.29. The predicted octanol–water partition coefficient (Wildman–Crippen LogP) is 3.70. The van der Waals surface area contributed by atoms with Gasteiger partial charge in [0.25, 0.3) is 0 Å². The average molecular weight is 353 g/mol. The molecule has 0 unspecified atom stereocenters. The van der Waals surface area contributed by atoms with Gasteiger partial charge in [0.05, 0.1) is 12.7 Å². The van der Waals surface area contributed by atoms with E-state index in [1.165, 1.54) is 0 Å². The molecule has 0 bridgehead atoms. The second-order valence-electron chi connectivity index (χ2n) is 6.46. The molecule has 5 nitrogen and oxygen atoms in total. The molecule has 5 heteroatoms. The summed E-state index contributed by atoms with van der Waals surface area (Å²) in [7, 11) is 1.64. The molecule has 1 aliphatic heterocycles. The van der Waals surface area contributed by atoms with Crippen molar-refractivity contribution in [1.82, 2.24) is 0 Å². The highest BCUT2D eigenvalue weighted by atomic mass is 16.5. The number of methoxy groups -OCH3 is 1. The van der Waals surface area contributed by atoms with Gasteiger partial charge < -0.3 is 14.7 Å². The summed E-state index contributed by atoms with van der Waals surface area (Å²) >= 11 is 0. The summed E-state index contributed by atoms with van der Waals surface area (Å²) in [6, 6.07) is 12.7. The number of amides is 1. The lowest BCUT2D eigenvalue weighted by Crippen LogP contribution is -2.32. The minimum Gasteiger partial charge on any atom is -0.497 e. The van der Waals surface area contributed by atoms with Gasteiger partial charge in [-0.3, -0.25) is 4.79 Å². The topological polar surface area (TPSA) is 66.8 Å². The molecule has 2 aromatic carbocycles. The number of hydrogen-bond acceptors (Lipinski definition) is 3. The van der Waals surface area contributed by atoms with Crippen molar-refractivity contribution in [2.24, 2.45) is 0 Å². The summed E-state index contributed by atoms with van der Waals surface area (Å²) < 4.78 is 5.30. The van der Waals surface area contributed by atoms with Crippen molar-refractivity contribution in [3.8, 4) is 5.75 Å². The Bertz CT molecular complexity index is 815. The number of carboxylic acid groups (broad SMARTS) is 1. The summed E-state index contributed by atoms with van der Waals surface area (Å²) in [5.41, 5.74) is 3.03. The lowest BCUT2D eigenvalue weighted by Gasteiger charge is -2.23. The van der Waals surface area contributed by atoms with E-state index >= 15 is 0 Å². The van der Waals surface area contributed by atoms with Gasteiger partial charge in [0, 0.05) is 18.7 Å². The zero-order valence-corrected chi connectivity index (χ0v) is 14.9. The van der Waals surface area contributed by atoms with Gasteiger partial charge in [-0.15, -0.1) is 0 Å². The minimum absolute atomic E-state index is 0.0264. The van der Waals surface area contributed by atoms with E-state index in [4.69, 9.17) is 4.74 Å². The molecule has 0 fully saturated rings. The third-order valence-electron chi connectivity index (χ3n) is 4.81. The molecule has 0 radical (unpaired) electrons.